The molecule has 0 radical (unpaired) electrons. The molecule has 13 heavy (non-hydrogen) atoms. The van der Waals surface area contributed by atoms with Gasteiger partial charge in [-0.15, -0.1) is 11.6 Å². The summed E-state index contributed by atoms with van der Waals surface area (Å²) in [7, 11) is 0. The second kappa shape index (κ2) is 6.01. The van der Waals surface area contributed by atoms with Gasteiger partial charge in [-0.3, -0.25) is 0 Å². The van der Waals surface area contributed by atoms with Gasteiger partial charge in [0.15, 0.2) is 0 Å². The van der Waals surface area contributed by atoms with Crippen molar-refractivity contribution in [3.8, 4) is 0 Å². The second-order valence-corrected chi connectivity index (χ2v) is 3.61. The summed E-state index contributed by atoms with van der Waals surface area (Å²) >= 11 is 5.59. The molecule has 0 aliphatic rings. The zero-order valence-corrected chi connectivity index (χ0v) is 8.72. The normalized spacial score (nSPS) is 12.8. The molecule has 1 unspecified atom stereocenters. The minimum Gasteiger partial charge on any atom is -0.313 e. The maximum atomic E-state index is 5.59. The molecule has 0 fully saturated rings. The van der Waals surface area contributed by atoms with Gasteiger partial charge in [0.25, 0.3) is 0 Å². The fourth-order valence-electron chi connectivity index (χ4n) is 1.34. The predicted molar refractivity (Wildman–Crippen MR) is 58.3 cm³/mol. The number of benzene rings is 1. The zero-order valence-electron chi connectivity index (χ0n) is 7.96. The fraction of sp³-hybridized carbons (Fsp3) is 0.455. The summed E-state index contributed by atoms with van der Waals surface area (Å²) in [6.07, 6.45) is 1.07. The summed E-state index contributed by atoms with van der Waals surface area (Å²) in [6, 6.07) is 11.0. The SMILES string of the molecule is CC(Cc1ccccc1)NCCCl. The molecule has 0 saturated heterocycles. The summed E-state index contributed by atoms with van der Waals surface area (Å²) in [5.74, 6) is 0.680. The van der Waals surface area contributed by atoms with Gasteiger partial charge in [0.1, 0.15) is 0 Å². The smallest absolute Gasteiger partial charge is 0.0348 e. The Kier molecular flexibility index (Phi) is 4.87. The minimum atomic E-state index is 0.501. The van der Waals surface area contributed by atoms with Gasteiger partial charge < -0.3 is 5.32 Å². The average molecular weight is 198 g/mol. The summed E-state index contributed by atoms with van der Waals surface area (Å²) in [4.78, 5) is 0. The van der Waals surface area contributed by atoms with E-state index < -0.39 is 0 Å². The third-order valence-electron chi connectivity index (χ3n) is 1.97. The lowest BCUT2D eigenvalue weighted by molar-refractivity contribution is 0.567. The van der Waals surface area contributed by atoms with Crippen molar-refractivity contribution in [1.29, 1.82) is 0 Å². The molecule has 2 heteroatoms. The number of hydrogen-bond donors (Lipinski definition) is 1. The average Bonchev–Trinajstić information content (AvgIpc) is 2.16. The van der Waals surface area contributed by atoms with Crippen LogP contribution in [-0.4, -0.2) is 18.5 Å². The van der Waals surface area contributed by atoms with Crippen molar-refractivity contribution >= 4 is 11.6 Å². The van der Waals surface area contributed by atoms with Crippen LogP contribution in [0.15, 0.2) is 30.3 Å². The van der Waals surface area contributed by atoms with E-state index in [2.05, 4.69) is 36.5 Å². The lowest BCUT2D eigenvalue weighted by atomic mass is 10.1. The number of alkyl halides is 1. The highest BCUT2D eigenvalue weighted by Gasteiger charge is 2.00. The molecule has 72 valence electrons. The van der Waals surface area contributed by atoms with Gasteiger partial charge >= 0.3 is 0 Å². The first kappa shape index (κ1) is 10.6. The molecular formula is C11H16ClN. The standard InChI is InChI=1S/C11H16ClN/c1-10(13-8-7-12)9-11-5-3-2-4-6-11/h2-6,10,13H,7-9H2,1H3. The Balaban J connectivity index is 2.32. The molecule has 0 aliphatic heterocycles. The quantitative estimate of drug-likeness (QED) is 0.716. The molecule has 1 N–H and O–H groups in total. The third-order valence-corrected chi connectivity index (χ3v) is 2.16. The largest absolute Gasteiger partial charge is 0.313 e. The van der Waals surface area contributed by atoms with Crippen LogP contribution in [0.4, 0.5) is 0 Å². The monoisotopic (exact) mass is 197 g/mol. The van der Waals surface area contributed by atoms with E-state index >= 15 is 0 Å². The highest BCUT2D eigenvalue weighted by atomic mass is 35.5. The maximum absolute atomic E-state index is 5.59. The van der Waals surface area contributed by atoms with E-state index in [4.69, 9.17) is 11.6 Å². The molecule has 0 saturated carbocycles. The van der Waals surface area contributed by atoms with E-state index in [1.165, 1.54) is 5.56 Å². The predicted octanol–water partition coefficient (Wildman–Crippen LogP) is 2.45. The van der Waals surface area contributed by atoms with Crippen molar-refractivity contribution in [2.45, 2.75) is 19.4 Å². The van der Waals surface area contributed by atoms with Crippen molar-refractivity contribution in [2.24, 2.45) is 0 Å². The Morgan fingerprint density at radius 1 is 1.31 bits per heavy atom. The minimum absolute atomic E-state index is 0.501. The van der Waals surface area contributed by atoms with Gasteiger partial charge in [0.2, 0.25) is 0 Å². The number of nitrogens with one attached hydrogen (secondary N) is 1. The zero-order chi connectivity index (χ0) is 9.52. The maximum Gasteiger partial charge on any atom is 0.0348 e. The van der Waals surface area contributed by atoms with Crippen LogP contribution < -0.4 is 5.32 Å². The van der Waals surface area contributed by atoms with Gasteiger partial charge in [0, 0.05) is 18.5 Å². The Bertz CT molecular complexity index is 223. The van der Waals surface area contributed by atoms with E-state index in [0.29, 0.717) is 11.9 Å². The van der Waals surface area contributed by atoms with Crippen LogP contribution in [0.3, 0.4) is 0 Å². The molecule has 1 atom stereocenters. The summed E-state index contributed by atoms with van der Waals surface area (Å²) in [5.41, 5.74) is 1.37. The van der Waals surface area contributed by atoms with Crippen molar-refractivity contribution in [3.63, 3.8) is 0 Å². The Hall–Kier alpha value is -0.530. The van der Waals surface area contributed by atoms with Crippen molar-refractivity contribution in [1.82, 2.24) is 5.32 Å². The van der Waals surface area contributed by atoms with Crippen LogP contribution >= 0.6 is 11.6 Å². The van der Waals surface area contributed by atoms with E-state index in [0.717, 1.165) is 13.0 Å². The van der Waals surface area contributed by atoms with E-state index in [9.17, 15) is 0 Å². The van der Waals surface area contributed by atoms with Crippen molar-refractivity contribution < 1.29 is 0 Å². The molecule has 0 heterocycles. The number of rotatable bonds is 5. The second-order valence-electron chi connectivity index (χ2n) is 3.23. The summed E-state index contributed by atoms with van der Waals surface area (Å²) in [6.45, 7) is 3.06. The fourth-order valence-corrected chi connectivity index (χ4v) is 1.45. The van der Waals surface area contributed by atoms with Crippen LogP contribution in [0.1, 0.15) is 12.5 Å². The van der Waals surface area contributed by atoms with Crippen molar-refractivity contribution in [3.05, 3.63) is 35.9 Å². The Labute approximate surface area is 85.1 Å². The van der Waals surface area contributed by atoms with Crippen LogP contribution in [0.2, 0.25) is 0 Å². The van der Waals surface area contributed by atoms with Gasteiger partial charge in [0.05, 0.1) is 0 Å². The first-order chi connectivity index (χ1) is 6.33. The molecule has 1 nitrogen and oxygen atoms in total. The lowest BCUT2D eigenvalue weighted by Gasteiger charge is -2.12. The molecule has 1 aromatic rings. The van der Waals surface area contributed by atoms with Gasteiger partial charge in [-0.05, 0) is 18.9 Å². The van der Waals surface area contributed by atoms with Gasteiger partial charge in [-0.25, -0.2) is 0 Å². The number of halogens is 1. The van der Waals surface area contributed by atoms with E-state index in [1.54, 1.807) is 0 Å². The molecule has 0 aromatic heterocycles. The molecule has 1 rings (SSSR count). The van der Waals surface area contributed by atoms with E-state index in [1.807, 2.05) is 6.07 Å². The molecule has 0 bridgehead atoms. The number of hydrogen-bond acceptors (Lipinski definition) is 1. The molecular weight excluding hydrogens is 182 g/mol. The molecule has 0 aliphatic carbocycles. The van der Waals surface area contributed by atoms with Crippen LogP contribution in [0, 0.1) is 0 Å². The molecule has 0 amide bonds. The van der Waals surface area contributed by atoms with Crippen LogP contribution in [-0.2, 0) is 6.42 Å². The van der Waals surface area contributed by atoms with E-state index in [-0.39, 0.29) is 0 Å². The summed E-state index contributed by atoms with van der Waals surface area (Å²) in [5, 5.41) is 3.35. The Morgan fingerprint density at radius 3 is 2.62 bits per heavy atom. The summed E-state index contributed by atoms with van der Waals surface area (Å²) < 4.78 is 0. The van der Waals surface area contributed by atoms with Crippen LogP contribution in [0.5, 0.6) is 0 Å². The highest BCUT2D eigenvalue weighted by molar-refractivity contribution is 6.18. The highest BCUT2D eigenvalue weighted by Crippen LogP contribution is 2.02. The van der Waals surface area contributed by atoms with Crippen LogP contribution in [0.25, 0.3) is 0 Å². The van der Waals surface area contributed by atoms with Gasteiger partial charge in [-0.1, -0.05) is 30.3 Å². The van der Waals surface area contributed by atoms with Crippen molar-refractivity contribution in [2.75, 3.05) is 12.4 Å². The topological polar surface area (TPSA) is 12.0 Å². The first-order valence-electron chi connectivity index (χ1n) is 4.66. The Morgan fingerprint density at radius 2 is 2.00 bits per heavy atom. The molecule has 0 spiro atoms. The first-order valence-corrected chi connectivity index (χ1v) is 5.19. The van der Waals surface area contributed by atoms with Gasteiger partial charge in [-0.2, -0.15) is 0 Å². The lowest BCUT2D eigenvalue weighted by Crippen LogP contribution is -2.29. The third kappa shape index (κ3) is 4.30. The molecule has 1 aromatic carbocycles.